The highest BCUT2D eigenvalue weighted by atomic mass is 35.5. The normalized spacial score (nSPS) is 15.1. The van der Waals surface area contributed by atoms with Gasteiger partial charge in [0.2, 0.25) is 0 Å². The smallest absolute Gasteiger partial charge is 0.329 e. The maximum atomic E-state index is 13.2. The van der Waals surface area contributed by atoms with Gasteiger partial charge in [-0.2, -0.15) is 0 Å². The second-order valence-electron chi connectivity index (χ2n) is 7.43. The summed E-state index contributed by atoms with van der Waals surface area (Å²) in [6.45, 7) is 4.74. The van der Waals surface area contributed by atoms with Gasteiger partial charge < -0.3 is 9.47 Å². The lowest BCUT2D eigenvalue weighted by atomic mass is 9.89. The number of aryl methyl sites for hydroxylation is 1. The Bertz CT molecular complexity index is 1230. The van der Waals surface area contributed by atoms with Gasteiger partial charge in [0.25, 0.3) is 0 Å². The van der Waals surface area contributed by atoms with Crippen LogP contribution in [0.3, 0.4) is 0 Å². The molecule has 30 heavy (non-hydrogen) atoms. The highest BCUT2D eigenvalue weighted by Crippen LogP contribution is 2.41. The molecule has 3 aromatic rings. The van der Waals surface area contributed by atoms with Crippen molar-refractivity contribution in [2.75, 3.05) is 14.2 Å². The molecule has 0 spiro atoms. The fourth-order valence-corrected chi connectivity index (χ4v) is 3.89. The van der Waals surface area contributed by atoms with Gasteiger partial charge in [-0.3, -0.25) is 9.13 Å². The van der Waals surface area contributed by atoms with E-state index in [1.165, 1.54) is 0 Å². The molecule has 1 aliphatic rings. The summed E-state index contributed by atoms with van der Waals surface area (Å²) in [6, 6.07) is 13.8. The summed E-state index contributed by atoms with van der Waals surface area (Å²) >= 11 is 0. The molecular weight excluding hydrogens is 402 g/mol. The van der Waals surface area contributed by atoms with Crippen LogP contribution in [0.1, 0.15) is 24.0 Å². The van der Waals surface area contributed by atoms with E-state index in [0.717, 1.165) is 28.1 Å². The Balaban J connectivity index is 0.00000256. The third kappa shape index (κ3) is 3.52. The van der Waals surface area contributed by atoms with Crippen molar-refractivity contribution < 1.29 is 9.47 Å². The van der Waals surface area contributed by atoms with Gasteiger partial charge in [0.1, 0.15) is 5.49 Å². The maximum Gasteiger partial charge on any atom is 0.329 e. The van der Waals surface area contributed by atoms with Crippen LogP contribution in [-0.2, 0) is 13.6 Å². The van der Waals surface area contributed by atoms with Gasteiger partial charge in [0, 0.05) is 31.1 Å². The van der Waals surface area contributed by atoms with E-state index in [9.17, 15) is 4.79 Å². The number of nitrogens with zero attached hydrogens (tertiary/aromatic N) is 3. The zero-order valence-electron chi connectivity index (χ0n) is 17.8. The van der Waals surface area contributed by atoms with Crippen molar-refractivity contribution in [2.24, 2.45) is 12.0 Å². The van der Waals surface area contributed by atoms with Crippen LogP contribution < -0.4 is 20.7 Å². The monoisotopic (exact) mass is 427 g/mol. The Hall–Kier alpha value is -2.99. The molecule has 4 rings (SSSR count). The first-order chi connectivity index (χ1) is 13.9. The molecule has 0 fully saturated rings. The minimum absolute atomic E-state index is 0. The van der Waals surface area contributed by atoms with E-state index in [1.807, 2.05) is 54.0 Å². The van der Waals surface area contributed by atoms with Crippen molar-refractivity contribution in [1.82, 2.24) is 9.13 Å². The third-order valence-electron chi connectivity index (χ3n) is 5.59. The first-order valence-corrected chi connectivity index (χ1v) is 9.62. The lowest BCUT2D eigenvalue weighted by molar-refractivity contribution is 0.354. The number of para-hydroxylation sites is 1. The standard InChI is InChI=1S/C23H25N3O3.ClH/c1-14-8-6-7-9-18(14)24-22-12-19-17-11-21(29-5)20(28-4)10-16(17)15(2)13-26(19)23(27)25(22)3;/h6-12,15H,13H2,1-5H3;1H. The van der Waals surface area contributed by atoms with Gasteiger partial charge in [-0.15, -0.1) is 12.4 Å². The predicted octanol–water partition coefficient (Wildman–Crippen LogP) is 3.95. The summed E-state index contributed by atoms with van der Waals surface area (Å²) in [5.41, 5.74) is 5.40. The van der Waals surface area contributed by atoms with Crippen LogP contribution in [0.2, 0.25) is 0 Å². The van der Waals surface area contributed by atoms with Gasteiger partial charge in [-0.1, -0.05) is 25.1 Å². The summed E-state index contributed by atoms with van der Waals surface area (Å²) in [5.74, 6) is 1.51. The SMILES string of the molecule is COc1cc2c(cc1OC)C(C)Cn1c-2cc(=Nc2ccccc2C)n(C)c1=O.Cl. The molecule has 0 bridgehead atoms. The van der Waals surface area contributed by atoms with E-state index in [1.54, 1.807) is 25.8 Å². The topological polar surface area (TPSA) is 57.8 Å². The van der Waals surface area contributed by atoms with Crippen LogP contribution in [0.5, 0.6) is 11.5 Å². The highest BCUT2D eigenvalue weighted by molar-refractivity contribution is 5.85. The van der Waals surface area contributed by atoms with E-state index in [4.69, 9.17) is 14.5 Å². The quantitative estimate of drug-likeness (QED) is 0.635. The molecule has 2 heterocycles. The first-order valence-electron chi connectivity index (χ1n) is 9.62. The Kier molecular flexibility index (Phi) is 6.08. The van der Waals surface area contributed by atoms with Crippen molar-refractivity contribution in [3.8, 4) is 22.8 Å². The molecule has 0 amide bonds. The molecule has 0 aliphatic carbocycles. The third-order valence-corrected chi connectivity index (χ3v) is 5.59. The van der Waals surface area contributed by atoms with E-state index in [2.05, 4.69) is 6.92 Å². The molecular formula is C23H26ClN3O3. The average molecular weight is 428 g/mol. The maximum absolute atomic E-state index is 13.2. The molecule has 0 saturated heterocycles. The van der Waals surface area contributed by atoms with E-state index < -0.39 is 0 Å². The Morgan fingerprint density at radius 1 is 1.07 bits per heavy atom. The average Bonchev–Trinajstić information content (AvgIpc) is 2.73. The molecule has 1 atom stereocenters. The van der Waals surface area contributed by atoms with Crippen LogP contribution in [0.15, 0.2) is 52.3 Å². The largest absolute Gasteiger partial charge is 0.493 e. The Morgan fingerprint density at radius 3 is 2.40 bits per heavy atom. The number of aromatic nitrogens is 2. The number of benzene rings is 2. The number of halogens is 1. The molecule has 0 N–H and O–H groups in total. The summed E-state index contributed by atoms with van der Waals surface area (Å²) in [5, 5.41) is 0. The second-order valence-corrected chi connectivity index (χ2v) is 7.43. The number of rotatable bonds is 3. The molecule has 158 valence electrons. The summed E-state index contributed by atoms with van der Waals surface area (Å²) in [4.78, 5) is 17.9. The van der Waals surface area contributed by atoms with E-state index in [-0.39, 0.29) is 24.0 Å². The van der Waals surface area contributed by atoms with Crippen molar-refractivity contribution >= 4 is 18.1 Å². The van der Waals surface area contributed by atoms with Crippen molar-refractivity contribution in [1.29, 1.82) is 0 Å². The van der Waals surface area contributed by atoms with Crippen LogP contribution >= 0.6 is 12.4 Å². The van der Waals surface area contributed by atoms with Gasteiger partial charge >= 0.3 is 5.69 Å². The zero-order valence-corrected chi connectivity index (χ0v) is 18.6. The van der Waals surface area contributed by atoms with Crippen molar-refractivity contribution in [3.05, 3.63) is 69.6 Å². The predicted molar refractivity (Wildman–Crippen MR) is 120 cm³/mol. The number of hydrogen-bond acceptors (Lipinski definition) is 4. The summed E-state index contributed by atoms with van der Waals surface area (Å²) in [7, 11) is 5.02. The minimum Gasteiger partial charge on any atom is -0.493 e. The van der Waals surface area contributed by atoms with E-state index >= 15 is 0 Å². The van der Waals surface area contributed by atoms with Gasteiger partial charge in [-0.25, -0.2) is 9.79 Å². The molecule has 6 nitrogen and oxygen atoms in total. The first kappa shape index (κ1) is 21.7. The highest BCUT2D eigenvalue weighted by Gasteiger charge is 2.26. The Morgan fingerprint density at radius 2 is 1.73 bits per heavy atom. The van der Waals surface area contributed by atoms with Crippen molar-refractivity contribution in [2.45, 2.75) is 26.3 Å². The summed E-state index contributed by atoms with van der Waals surface area (Å²) in [6.07, 6.45) is 0. The van der Waals surface area contributed by atoms with Crippen LogP contribution in [-0.4, -0.2) is 23.4 Å². The fourth-order valence-electron chi connectivity index (χ4n) is 3.89. The fraction of sp³-hybridized carbons (Fsp3) is 0.304. The number of methoxy groups -OCH3 is 2. The van der Waals surface area contributed by atoms with Crippen LogP contribution in [0, 0.1) is 6.92 Å². The molecule has 0 saturated carbocycles. The van der Waals surface area contributed by atoms with Crippen LogP contribution in [0.25, 0.3) is 11.3 Å². The minimum atomic E-state index is -0.0814. The number of fused-ring (bicyclic) bond motifs is 3. The van der Waals surface area contributed by atoms with E-state index in [0.29, 0.717) is 23.5 Å². The lowest BCUT2D eigenvalue weighted by Crippen LogP contribution is -2.41. The summed E-state index contributed by atoms with van der Waals surface area (Å²) < 4.78 is 14.4. The number of ether oxygens (including phenoxy) is 2. The van der Waals surface area contributed by atoms with Crippen LogP contribution in [0.4, 0.5) is 5.69 Å². The van der Waals surface area contributed by atoms with Gasteiger partial charge in [-0.05, 0) is 36.2 Å². The molecule has 1 aliphatic heterocycles. The molecule has 1 unspecified atom stereocenters. The molecule has 2 aromatic carbocycles. The zero-order chi connectivity index (χ0) is 20.7. The molecule has 7 heteroatoms. The van der Waals surface area contributed by atoms with Gasteiger partial charge in [0.15, 0.2) is 11.5 Å². The Labute approximate surface area is 181 Å². The molecule has 0 radical (unpaired) electrons. The second kappa shape index (κ2) is 8.40. The van der Waals surface area contributed by atoms with Crippen molar-refractivity contribution in [3.63, 3.8) is 0 Å². The number of hydrogen-bond donors (Lipinski definition) is 0. The van der Waals surface area contributed by atoms with Gasteiger partial charge in [0.05, 0.1) is 25.6 Å². The molecule has 1 aromatic heterocycles. The lowest BCUT2D eigenvalue weighted by Gasteiger charge is -2.28.